The van der Waals surface area contributed by atoms with E-state index in [0.717, 1.165) is 43.4 Å². The van der Waals surface area contributed by atoms with Crippen LogP contribution in [0.15, 0.2) is 29.6 Å². The third-order valence-corrected chi connectivity index (χ3v) is 4.74. The average Bonchev–Trinajstić information content (AvgIpc) is 2.95. The third-order valence-electron chi connectivity index (χ3n) is 3.85. The Hall–Kier alpha value is -1.99. The summed E-state index contributed by atoms with van der Waals surface area (Å²) in [5.41, 5.74) is 1.67. The Balaban J connectivity index is 1.52. The quantitative estimate of drug-likeness (QED) is 0.908. The van der Waals surface area contributed by atoms with Crippen molar-refractivity contribution in [3.05, 3.63) is 46.2 Å². The molecular formula is C16H18FN3O2S. The van der Waals surface area contributed by atoms with Gasteiger partial charge in [-0.2, -0.15) is 0 Å². The molecule has 2 aromatic rings. The second-order valence-corrected chi connectivity index (χ2v) is 6.49. The molecule has 7 heteroatoms. The minimum atomic E-state index is -0.852. The van der Waals surface area contributed by atoms with Gasteiger partial charge in [0, 0.05) is 37.2 Å². The lowest BCUT2D eigenvalue weighted by Gasteiger charge is -2.35. The van der Waals surface area contributed by atoms with Crippen LogP contribution in [0.3, 0.4) is 0 Å². The number of carbonyl (C=O) groups is 1. The van der Waals surface area contributed by atoms with Crippen molar-refractivity contribution in [2.24, 2.45) is 0 Å². The molecule has 0 spiro atoms. The van der Waals surface area contributed by atoms with Crippen LogP contribution in [0.1, 0.15) is 10.7 Å². The van der Waals surface area contributed by atoms with Crippen LogP contribution in [-0.2, 0) is 17.8 Å². The van der Waals surface area contributed by atoms with Crippen molar-refractivity contribution in [2.45, 2.75) is 13.0 Å². The molecule has 5 nitrogen and oxygen atoms in total. The first-order chi connectivity index (χ1) is 11.1. The molecule has 0 bridgehead atoms. The summed E-state index contributed by atoms with van der Waals surface area (Å²) in [5, 5.41) is 11.6. The summed E-state index contributed by atoms with van der Waals surface area (Å²) in [5.74, 6) is -1.07. The number of rotatable bonds is 5. The lowest BCUT2D eigenvalue weighted by atomic mass is 10.2. The number of hydrogen-bond donors (Lipinski definition) is 1. The van der Waals surface area contributed by atoms with Crippen LogP contribution in [0.5, 0.6) is 0 Å². The zero-order valence-corrected chi connectivity index (χ0v) is 13.4. The molecule has 0 atom stereocenters. The molecule has 0 radical (unpaired) electrons. The van der Waals surface area contributed by atoms with Gasteiger partial charge < -0.3 is 10.0 Å². The molecule has 3 rings (SSSR count). The lowest BCUT2D eigenvalue weighted by Crippen LogP contribution is -2.45. The monoisotopic (exact) mass is 335 g/mol. The fraction of sp³-hybridized carbons (Fsp3) is 0.375. The van der Waals surface area contributed by atoms with Crippen molar-refractivity contribution in [2.75, 3.05) is 31.1 Å². The van der Waals surface area contributed by atoms with Gasteiger partial charge in [-0.3, -0.25) is 9.69 Å². The molecule has 23 heavy (non-hydrogen) atoms. The highest BCUT2D eigenvalue weighted by Gasteiger charge is 2.18. The van der Waals surface area contributed by atoms with Crippen LogP contribution in [0.25, 0.3) is 0 Å². The smallest absolute Gasteiger partial charge is 0.309 e. The number of anilines is 1. The van der Waals surface area contributed by atoms with Gasteiger partial charge in [0.25, 0.3) is 0 Å². The zero-order chi connectivity index (χ0) is 16.2. The van der Waals surface area contributed by atoms with Crippen molar-refractivity contribution >= 4 is 23.0 Å². The highest BCUT2D eigenvalue weighted by molar-refractivity contribution is 7.09. The normalized spacial score (nSPS) is 15.8. The summed E-state index contributed by atoms with van der Waals surface area (Å²) < 4.78 is 13.0. The maximum atomic E-state index is 13.0. The average molecular weight is 335 g/mol. The molecule has 1 aliphatic heterocycles. The number of carboxylic acid groups (broad SMARTS) is 1. The first-order valence-electron chi connectivity index (χ1n) is 7.48. The zero-order valence-electron chi connectivity index (χ0n) is 12.6. The number of hydrogen-bond acceptors (Lipinski definition) is 5. The van der Waals surface area contributed by atoms with Crippen LogP contribution in [0.4, 0.5) is 10.1 Å². The first-order valence-corrected chi connectivity index (χ1v) is 8.36. The van der Waals surface area contributed by atoms with E-state index < -0.39 is 5.97 Å². The summed E-state index contributed by atoms with van der Waals surface area (Å²) in [7, 11) is 0. The predicted molar refractivity (Wildman–Crippen MR) is 87.3 cm³/mol. The largest absolute Gasteiger partial charge is 0.481 e. The summed E-state index contributed by atoms with van der Waals surface area (Å²) in [6.45, 7) is 4.34. The number of nitrogens with zero attached hydrogens (tertiary/aromatic N) is 3. The SMILES string of the molecule is O=C(O)Cc1csc(CN2CCN(c3ccc(F)cc3)CC2)n1. The molecule has 0 unspecified atom stereocenters. The second kappa shape index (κ2) is 7.06. The van der Waals surface area contributed by atoms with E-state index in [2.05, 4.69) is 14.8 Å². The van der Waals surface area contributed by atoms with Gasteiger partial charge >= 0.3 is 5.97 Å². The Morgan fingerprint density at radius 3 is 2.57 bits per heavy atom. The van der Waals surface area contributed by atoms with Crippen LogP contribution in [-0.4, -0.2) is 47.1 Å². The molecular weight excluding hydrogens is 317 g/mol. The van der Waals surface area contributed by atoms with Gasteiger partial charge in [0.05, 0.1) is 18.7 Å². The Morgan fingerprint density at radius 1 is 1.22 bits per heavy atom. The molecule has 122 valence electrons. The van der Waals surface area contributed by atoms with E-state index in [1.54, 1.807) is 0 Å². The van der Waals surface area contributed by atoms with E-state index in [9.17, 15) is 9.18 Å². The van der Waals surface area contributed by atoms with E-state index in [0.29, 0.717) is 5.69 Å². The Kier molecular flexibility index (Phi) is 4.88. The molecule has 1 aliphatic rings. The molecule has 1 aromatic carbocycles. The van der Waals surface area contributed by atoms with E-state index in [-0.39, 0.29) is 12.2 Å². The van der Waals surface area contributed by atoms with Gasteiger partial charge in [0.15, 0.2) is 0 Å². The van der Waals surface area contributed by atoms with Gasteiger partial charge in [0.1, 0.15) is 10.8 Å². The summed E-state index contributed by atoms with van der Waals surface area (Å²) in [6, 6.07) is 6.59. The molecule has 0 aliphatic carbocycles. The standard InChI is InChI=1S/C16H18FN3O2S/c17-12-1-3-14(4-2-12)20-7-5-19(6-8-20)10-15-18-13(11-23-15)9-16(21)22/h1-4,11H,5-10H2,(H,21,22). The van der Waals surface area contributed by atoms with Crippen molar-refractivity contribution in [1.29, 1.82) is 0 Å². The van der Waals surface area contributed by atoms with Crippen molar-refractivity contribution in [3.63, 3.8) is 0 Å². The molecule has 2 heterocycles. The van der Waals surface area contributed by atoms with Crippen molar-refractivity contribution in [3.8, 4) is 0 Å². The topological polar surface area (TPSA) is 56.7 Å². The molecule has 0 saturated carbocycles. The summed E-state index contributed by atoms with van der Waals surface area (Å²) >= 11 is 1.51. The van der Waals surface area contributed by atoms with Gasteiger partial charge in [-0.1, -0.05) is 0 Å². The first kappa shape index (κ1) is 15.9. The highest BCUT2D eigenvalue weighted by Crippen LogP contribution is 2.19. The fourth-order valence-electron chi connectivity index (χ4n) is 2.67. The maximum Gasteiger partial charge on any atom is 0.309 e. The van der Waals surface area contributed by atoms with E-state index >= 15 is 0 Å². The molecule has 0 amide bonds. The minimum absolute atomic E-state index is 0.0190. The predicted octanol–water partition coefficient (Wildman–Crippen LogP) is 2.23. The number of piperazine rings is 1. The van der Waals surface area contributed by atoms with Gasteiger partial charge in [-0.05, 0) is 24.3 Å². The van der Waals surface area contributed by atoms with Crippen LogP contribution < -0.4 is 4.90 Å². The highest BCUT2D eigenvalue weighted by atomic mass is 32.1. The number of benzene rings is 1. The minimum Gasteiger partial charge on any atom is -0.481 e. The van der Waals surface area contributed by atoms with Crippen molar-refractivity contribution < 1.29 is 14.3 Å². The Morgan fingerprint density at radius 2 is 1.91 bits per heavy atom. The number of aromatic nitrogens is 1. The van der Waals surface area contributed by atoms with E-state index in [4.69, 9.17) is 5.11 Å². The van der Waals surface area contributed by atoms with Gasteiger partial charge in [0.2, 0.25) is 0 Å². The maximum absolute atomic E-state index is 13.0. The lowest BCUT2D eigenvalue weighted by molar-refractivity contribution is -0.136. The number of thiazole rings is 1. The summed E-state index contributed by atoms with van der Waals surface area (Å²) in [4.78, 5) is 19.6. The fourth-order valence-corrected chi connectivity index (χ4v) is 3.50. The molecule has 1 fully saturated rings. The molecule has 1 aromatic heterocycles. The number of halogens is 1. The second-order valence-electron chi connectivity index (χ2n) is 5.54. The molecule has 1 saturated heterocycles. The Bertz CT molecular complexity index is 666. The van der Waals surface area contributed by atoms with Crippen LogP contribution in [0, 0.1) is 5.82 Å². The van der Waals surface area contributed by atoms with Gasteiger partial charge in [-0.15, -0.1) is 11.3 Å². The molecule has 1 N–H and O–H groups in total. The Labute approximate surface area is 138 Å². The van der Waals surface area contributed by atoms with Crippen molar-refractivity contribution in [1.82, 2.24) is 9.88 Å². The third kappa shape index (κ3) is 4.27. The number of carboxylic acids is 1. The summed E-state index contributed by atoms with van der Waals surface area (Å²) in [6.07, 6.45) is -0.0190. The van der Waals surface area contributed by atoms with E-state index in [1.807, 2.05) is 17.5 Å². The van der Waals surface area contributed by atoms with E-state index in [1.165, 1.54) is 23.5 Å². The van der Waals surface area contributed by atoms with Crippen LogP contribution in [0.2, 0.25) is 0 Å². The van der Waals surface area contributed by atoms with Gasteiger partial charge in [-0.25, -0.2) is 9.37 Å². The van der Waals surface area contributed by atoms with Crippen LogP contribution >= 0.6 is 11.3 Å². The number of aliphatic carboxylic acids is 1.